The van der Waals surface area contributed by atoms with Gasteiger partial charge in [0, 0.05) is 24.1 Å². The Morgan fingerprint density at radius 2 is 1.81 bits per heavy atom. The molecule has 0 atom stereocenters. The Labute approximate surface area is 124 Å². The molecule has 0 radical (unpaired) electrons. The van der Waals surface area contributed by atoms with E-state index < -0.39 is 9.84 Å². The van der Waals surface area contributed by atoms with Crippen molar-refractivity contribution in [2.45, 2.75) is 11.4 Å². The van der Waals surface area contributed by atoms with Crippen LogP contribution in [0.5, 0.6) is 11.5 Å². The monoisotopic (exact) mass is 307 g/mol. The average molecular weight is 307 g/mol. The van der Waals surface area contributed by atoms with E-state index in [2.05, 4.69) is 5.32 Å². The topological polar surface area (TPSA) is 75.6 Å². The molecule has 0 bridgehead atoms. The SMILES string of the molecule is COc1cccc(CNc2ccc(S(C)(=O)=O)cc2)c1O. The highest BCUT2D eigenvalue weighted by molar-refractivity contribution is 7.90. The number of nitrogens with one attached hydrogen (secondary N) is 1. The Morgan fingerprint density at radius 3 is 2.38 bits per heavy atom. The highest BCUT2D eigenvalue weighted by Crippen LogP contribution is 2.29. The van der Waals surface area contributed by atoms with E-state index in [0.29, 0.717) is 17.9 Å². The first-order valence-corrected chi connectivity index (χ1v) is 8.20. The summed E-state index contributed by atoms with van der Waals surface area (Å²) < 4.78 is 27.8. The van der Waals surface area contributed by atoms with E-state index in [0.717, 1.165) is 5.69 Å². The molecular weight excluding hydrogens is 290 g/mol. The van der Waals surface area contributed by atoms with E-state index in [-0.39, 0.29) is 10.6 Å². The second-order valence-corrected chi connectivity index (χ2v) is 6.63. The van der Waals surface area contributed by atoms with Crippen molar-refractivity contribution >= 4 is 15.5 Å². The summed E-state index contributed by atoms with van der Waals surface area (Å²) in [4.78, 5) is 0.275. The van der Waals surface area contributed by atoms with Crippen molar-refractivity contribution in [1.82, 2.24) is 0 Å². The molecule has 0 aromatic heterocycles. The summed E-state index contributed by atoms with van der Waals surface area (Å²) in [5.41, 5.74) is 1.46. The van der Waals surface area contributed by atoms with E-state index in [1.807, 2.05) is 0 Å². The van der Waals surface area contributed by atoms with Gasteiger partial charge < -0.3 is 15.2 Å². The third-order valence-electron chi connectivity index (χ3n) is 3.07. The number of rotatable bonds is 5. The Balaban J connectivity index is 2.10. The molecule has 2 N–H and O–H groups in total. The fourth-order valence-corrected chi connectivity index (χ4v) is 2.52. The Morgan fingerprint density at radius 1 is 1.14 bits per heavy atom. The zero-order valence-corrected chi connectivity index (χ0v) is 12.6. The maximum absolute atomic E-state index is 11.4. The molecule has 5 nitrogen and oxygen atoms in total. The van der Waals surface area contributed by atoms with Crippen LogP contribution in [0.2, 0.25) is 0 Å². The predicted molar refractivity (Wildman–Crippen MR) is 81.5 cm³/mol. The number of phenolic OH excluding ortho intramolecular Hbond substituents is 1. The number of anilines is 1. The van der Waals surface area contributed by atoms with Crippen molar-refractivity contribution in [2.24, 2.45) is 0 Å². The molecule has 21 heavy (non-hydrogen) atoms. The van der Waals surface area contributed by atoms with E-state index in [4.69, 9.17) is 4.74 Å². The third-order valence-corrected chi connectivity index (χ3v) is 4.20. The lowest BCUT2D eigenvalue weighted by atomic mass is 10.2. The van der Waals surface area contributed by atoms with Crippen molar-refractivity contribution in [2.75, 3.05) is 18.7 Å². The number of hydrogen-bond donors (Lipinski definition) is 2. The summed E-state index contributed by atoms with van der Waals surface area (Å²) in [5, 5.41) is 13.1. The van der Waals surface area contributed by atoms with Gasteiger partial charge in [0.25, 0.3) is 0 Å². The summed E-state index contributed by atoms with van der Waals surface area (Å²) in [6, 6.07) is 11.7. The molecule has 0 heterocycles. The Kier molecular flexibility index (Phi) is 4.37. The highest BCUT2D eigenvalue weighted by atomic mass is 32.2. The summed E-state index contributed by atoms with van der Waals surface area (Å²) in [5.74, 6) is 0.516. The van der Waals surface area contributed by atoms with Gasteiger partial charge in [-0.05, 0) is 30.3 Å². The molecule has 112 valence electrons. The lowest BCUT2D eigenvalue weighted by molar-refractivity contribution is 0.371. The van der Waals surface area contributed by atoms with Crippen LogP contribution in [0.15, 0.2) is 47.4 Å². The lowest BCUT2D eigenvalue weighted by Crippen LogP contribution is -2.01. The number of phenols is 1. The molecule has 2 aromatic carbocycles. The normalized spacial score (nSPS) is 11.1. The van der Waals surface area contributed by atoms with Gasteiger partial charge in [0.1, 0.15) is 0 Å². The molecule has 0 aliphatic rings. The second kappa shape index (κ2) is 6.05. The van der Waals surface area contributed by atoms with E-state index >= 15 is 0 Å². The summed E-state index contributed by atoms with van der Waals surface area (Å²) in [6.45, 7) is 0.404. The number of benzene rings is 2. The molecule has 0 aliphatic carbocycles. The lowest BCUT2D eigenvalue weighted by Gasteiger charge is -2.11. The van der Waals surface area contributed by atoms with Gasteiger partial charge in [0.15, 0.2) is 21.3 Å². The predicted octanol–water partition coefficient (Wildman–Crippen LogP) is 2.42. The van der Waals surface area contributed by atoms with Gasteiger partial charge in [-0.25, -0.2) is 8.42 Å². The molecule has 6 heteroatoms. The molecule has 0 unspecified atom stereocenters. The fourth-order valence-electron chi connectivity index (χ4n) is 1.89. The smallest absolute Gasteiger partial charge is 0.175 e. The van der Waals surface area contributed by atoms with E-state index in [1.165, 1.54) is 13.4 Å². The van der Waals surface area contributed by atoms with Crippen molar-refractivity contribution in [1.29, 1.82) is 0 Å². The minimum Gasteiger partial charge on any atom is -0.504 e. The van der Waals surface area contributed by atoms with Crippen molar-refractivity contribution in [3.8, 4) is 11.5 Å². The number of sulfone groups is 1. The standard InChI is InChI=1S/C15H17NO4S/c1-20-14-5-3-4-11(15(14)17)10-16-12-6-8-13(9-7-12)21(2,18)19/h3-9,16-17H,10H2,1-2H3. The van der Waals surface area contributed by atoms with Crippen LogP contribution >= 0.6 is 0 Å². The average Bonchev–Trinajstić information content (AvgIpc) is 2.46. The van der Waals surface area contributed by atoms with Crippen LogP contribution in [0.3, 0.4) is 0 Å². The highest BCUT2D eigenvalue weighted by Gasteiger charge is 2.08. The summed E-state index contributed by atoms with van der Waals surface area (Å²) in [7, 11) is -1.69. The molecule has 0 aliphatic heterocycles. The van der Waals surface area contributed by atoms with Crippen LogP contribution in [0.1, 0.15) is 5.56 Å². The third kappa shape index (κ3) is 3.66. The Hall–Kier alpha value is -2.21. The zero-order chi connectivity index (χ0) is 15.5. The number of ether oxygens (including phenoxy) is 1. The molecule has 2 aromatic rings. The molecule has 0 amide bonds. The molecule has 0 saturated carbocycles. The van der Waals surface area contributed by atoms with Gasteiger partial charge >= 0.3 is 0 Å². The van der Waals surface area contributed by atoms with Gasteiger partial charge in [-0.1, -0.05) is 12.1 Å². The van der Waals surface area contributed by atoms with Crippen LogP contribution in [-0.4, -0.2) is 26.9 Å². The van der Waals surface area contributed by atoms with Crippen LogP contribution in [-0.2, 0) is 16.4 Å². The minimum absolute atomic E-state index is 0.0975. The molecule has 0 spiro atoms. The van der Waals surface area contributed by atoms with Gasteiger partial charge in [-0.15, -0.1) is 0 Å². The number of methoxy groups -OCH3 is 1. The first-order chi connectivity index (χ1) is 9.91. The summed E-state index contributed by atoms with van der Waals surface area (Å²) in [6.07, 6.45) is 1.17. The summed E-state index contributed by atoms with van der Waals surface area (Å²) >= 11 is 0. The van der Waals surface area contributed by atoms with Crippen LogP contribution < -0.4 is 10.1 Å². The van der Waals surface area contributed by atoms with E-state index in [9.17, 15) is 13.5 Å². The van der Waals surface area contributed by atoms with Crippen LogP contribution in [0, 0.1) is 0 Å². The molecular formula is C15H17NO4S. The molecule has 2 rings (SSSR count). The second-order valence-electron chi connectivity index (χ2n) is 4.62. The van der Waals surface area contributed by atoms with Gasteiger partial charge in [0.05, 0.1) is 12.0 Å². The van der Waals surface area contributed by atoms with Crippen molar-refractivity contribution < 1.29 is 18.3 Å². The van der Waals surface area contributed by atoms with Crippen LogP contribution in [0.25, 0.3) is 0 Å². The van der Waals surface area contributed by atoms with Gasteiger partial charge in [0.2, 0.25) is 0 Å². The van der Waals surface area contributed by atoms with Gasteiger partial charge in [-0.3, -0.25) is 0 Å². The quantitative estimate of drug-likeness (QED) is 0.887. The minimum atomic E-state index is -3.19. The van der Waals surface area contributed by atoms with E-state index in [1.54, 1.807) is 42.5 Å². The maximum Gasteiger partial charge on any atom is 0.175 e. The largest absolute Gasteiger partial charge is 0.504 e. The fraction of sp³-hybridized carbons (Fsp3) is 0.200. The van der Waals surface area contributed by atoms with Crippen molar-refractivity contribution in [3.05, 3.63) is 48.0 Å². The van der Waals surface area contributed by atoms with Gasteiger partial charge in [-0.2, -0.15) is 0 Å². The van der Waals surface area contributed by atoms with Crippen LogP contribution in [0.4, 0.5) is 5.69 Å². The van der Waals surface area contributed by atoms with Crippen molar-refractivity contribution in [3.63, 3.8) is 0 Å². The number of aromatic hydroxyl groups is 1. The zero-order valence-electron chi connectivity index (χ0n) is 11.8. The Bertz CT molecular complexity index is 724. The number of hydrogen-bond acceptors (Lipinski definition) is 5. The molecule has 0 saturated heterocycles. The maximum atomic E-state index is 11.4. The number of para-hydroxylation sites is 1. The first-order valence-electron chi connectivity index (χ1n) is 6.30. The first kappa shape index (κ1) is 15.2. The molecule has 0 fully saturated rings.